The van der Waals surface area contributed by atoms with Crippen molar-refractivity contribution in [1.29, 1.82) is 0 Å². The molecule has 1 N–H and O–H groups in total. The number of amides is 1. The van der Waals surface area contributed by atoms with Crippen LogP contribution >= 0.6 is 0 Å². The lowest BCUT2D eigenvalue weighted by atomic mass is 9.97. The number of alkyl halides is 3. The molecule has 2 heterocycles. The van der Waals surface area contributed by atoms with E-state index >= 15 is 0 Å². The first-order valence-electron chi connectivity index (χ1n) is 11.3. The fourth-order valence-electron chi connectivity index (χ4n) is 4.56. The smallest absolute Gasteiger partial charge is 0.416 e. The molecule has 2 atom stereocenters. The number of rotatable bonds is 6. The number of fused-ring (bicyclic) bond motifs is 1. The number of nitrogens with one attached hydrogen (secondary N) is 1. The van der Waals surface area contributed by atoms with Gasteiger partial charge in [0.1, 0.15) is 12.0 Å². The Kier molecular flexibility index (Phi) is 7.18. The van der Waals surface area contributed by atoms with Crippen LogP contribution < -0.4 is 10.1 Å². The molecule has 188 valence electrons. The van der Waals surface area contributed by atoms with Crippen LogP contribution in [-0.4, -0.2) is 44.1 Å². The Morgan fingerprint density at radius 3 is 2.69 bits per heavy atom. The lowest BCUT2D eigenvalue weighted by molar-refractivity contribution is -0.137. The van der Waals surface area contributed by atoms with Crippen molar-refractivity contribution < 1.29 is 35.9 Å². The van der Waals surface area contributed by atoms with Gasteiger partial charge < -0.3 is 10.1 Å². The molecule has 0 saturated carbocycles. The summed E-state index contributed by atoms with van der Waals surface area (Å²) in [6.45, 7) is 0.477. The minimum atomic E-state index is -4.67. The molecule has 0 bridgehead atoms. The van der Waals surface area contributed by atoms with E-state index in [2.05, 4.69) is 5.32 Å². The SMILES string of the molecule is O=Cc1ccc2c(c1)OCC[C@H]2NC(=O)CC1CCCCN1S(=O)(=O)c1cccc(C(F)(F)F)c1. The first-order valence-corrected chi connectivity index (χ1v) is 12.7. The van der Waals surface area contributed by atoms with E-state index < -0.39 is 32.7 Å². The molecule has 4 rings (SSSR count). The summed E-state index contributed by atoms with van der Waals surface area (Å²) in [5, 5.41) is 2.92. The van der Waals surface area contributed by atoms with Gasteiger partial charge in [0, 0.05) is 36.6 Å². The normalized spacial score (nSPS) is 21.0. The molecule has 2 aromatic carbocycles. The van der Waals surface area contributed by atoms with Crippen molar-refractivity contribution in [2.24, 2.45) is 0 Å². The van der Waals surface area contributed by atoms with Crippen LogP contribution in [0.4, 0.5) is 13.2 Å². The number of hydrogen-bond acceptors (Lipinski definition) is 5. The molecule has 0 aliphatic carbocycles. The van der Waals surface area contributed by atoms with Gasteiger partial charge in [-0.2, -0.15) is 17.5 Å². The highest BCUT2D eigenvalue weighted by atomic mass is 32.2. The summed E-state index contributed by atoms with van der Waals surface area (Å²) >= 11 is 0. The quantitative estimate of drug-likeness (QED) is 0.591. The van der Waals surface area contributed by atoms with Crippen molar-refractivity contribution in [3.8, 4) is 5.75 Å². The Labute approximate surface area is 201 Å². The van der Waals surface area contributed by atoms with Gasteiger partial charge >= 0.3 is 6.18 Å². The van der Waals surface area contributed by atoms with E-state index in [4.69, 9.17) is 4.74 Å². The van der Waals surface area contributed by atoms with Crippen LogP contribution in [-0.2, 0) is 21.0 Å². The van der Waals surface area contributed by atoms with Crippen LogP contribution in [0.3, 0.4) is 0 Å². The lowest BCUT2D eigenvalue weighted by Crippen LogP contribution is -2.46. The maximum Gasteiger partial charge on any atom is 0.416 e. The number of ether oxygens (including phenoxy) is 1. The van der Waals surface area contributed by atoms with Crippen LogP contribution in [0.1, 0.15) is 59.6 Å². The van der Waals surface area contributed by atoms with Gasteiger partial charge in [-0.3, -0.25) is 9.59 Å². The predicted octanol–water partition coefficient (Wildman–Crippen LogP) is 4.09. The average Bonchev–Trinajstić information content (AvgIpc) is 2.83. The van der Waals surface area contributed by atoms with E-state index in [-0.39, 0.29) is 24.9 Å². The number of nitrogens with zero attached hydrogens (tertiary/aromatic N) is 1. The second-order valence-corrected chi connectivity index (χ2v) is 10.6. The van der Waals surface area contributed by atoms with E-state index in [1.165, 1.54) is 0 Å². The number of aldehydes is 1. The highest BCUT2D eigenvalue weighted by Crippen LogP contribution is 2.34. The number of carbonyl (C=O) groups excluding carboxylic acids is 2. The summed E-state index contributed by atoms with van der Waals surface area (Å²) in [7, 11) is -4.23. The second-order valence-electron chi connectivity index (χ2n) is 8.67. The number of carbonyl (C=O) groups is 2. The van der Waals surface area contributed by atoms with Crippen LogP contribution in [0.2, 0.25) is 0 Å². The van der Waals surface area contributed by atoms with Crippen LogP contribution in [0.5, 0.6) is 5.75 Å². The zero-order valence-corrected chi connectivity index (χ0v) is 19.6. The molecular formula is C24H25F3N2O5S. The van der Waals surface area contributed by atoms with Crippen molar-refractivity contribution in [3.63, 3.8) is 0 Å². The van der Waals surface area contributed by atoms with Gasteiger partial charge in [0.25, 0.3) is 0 Å². The molecule has 1 amide bonds. The van der Waals surface area contributed by atoms with E-state index in [1.54, 1.807) is 18.2 Å². The third kappa shape index (κ3) is 5.51. The monoisotopic (exact) mass is 510 g/mol. The fraction of sp³-hybridized carbons (Fsp3) is 0.417. The van der Waals surface area contributed by atoms with Gasteiger partial charge in [0.15, 0.2) is 0 Å². The molecular weight excluding hydrogens is 485 g/mol. The van der Waals surface area contributed by atoms with Crippen LogP contribution in [0.15, 0.2) is 47.4 Å². The zero-order valence-electron chi connectivity index (χ0n) is 18.8. The Morgan fingerprint density at radius 1 is 1.14 bits per heavy atom. The molecule has 2 aliphatic rings. The Balaban J connectivity index is 1.50. The molecule has 11 heteroatoms. The van der Waals surface area contributed by atoms with E-state index in [0.29, 0.717) is 56.0 Å². The van der Waals surface area contributed by atoms with Crippen LogP contribution in [0, 0.1) is 0 Å². The third-order valence-electron chi connectivity index (χ3n) is 6.31. The Morgan fingerprint density at radius 2 is 1.94 bits per heavy atom. The van der Waals surface area contributed by atoms with Gasteiger partial charge in [0.05, 0.1) is 23.1 Å². The van der Waals surface area contributed by atoms with Crippen molar-refractivity contribution in [3.05, 3.63) is 59.2 Å². The van der Waals surface area contributed by atoms with Gasteiger partial charge in [-0.1, -0.05) is 24.6 Å². The number of sulfonamides is 1. The van der Waals surface area contributed by atoms with Gasteiger partial charge in [-0.05, 0) is 37.1 Å². The molecule has 1 unspecified atom stereocenters. The average molecular weight is 511 g/mol. The summed E-state index contributed by atoms with van der Waals surface area (Å²) in [5.74, 6) is 0.149. The molecule has 2 aromatic rings. The van der Waals surface area contributed by atoms with Crippen molar-refractivity contribution in [2.75, 3.05) is 13.2 Å². The molecule has 7 nitrogen and oxygen atoms in total. The van der Waals surface area contributed by atoms with Crippen molar-refractivity contribution >= 4 is 22.2 Å². The van der Waals surface area contributed by atoms with Crippen molar-refractivity contribution in [2.45, 2.75) is 55.3 Å². The Hall–Kier alpha value is -2.92. The molecule has 0 spiro atoms. The van der Waals surface area contributed by atoms with Crippen LogP contribution in [0.25, 0.3) is 0 Å². The number of halogens is 3. The minimum absolute atomic E-state index is 0.114. The van der Waals surface area contributed by atoms with E-state index in [1.807, 2.05) is 0 Å². The van der Waals surface area contributed by atoms with E-state index in [9.17, 15) is 31.2 Å². The summed E-state index contributed by atoms with van der Waals surface area (Å²) in [4.78, 5) is 23.5. The van der Waals surface area contributed by atoms with Crippen molar-refractivity contribution in [1.82, 2.24) is 9.62 Å². The minimum Gasteiger partial charge on any atom is -0.493 e. The maximum absolute atomic E-state index is 13.3. The largest absolute Gasteiger partial charge is 0.493 e. The Bertz CT molecular complexity index is 1220. The third-order valence-corrected chi connectivity index (χ3v) is 8.26. The molecule has 35 heavy (non-hydrogen) atoms. The lowest BCUT2D eigenvalue weighted by Gasteiger charge is -2.35. The zero-order chi connectivity index (χ0) is 25.2. The number of benzene rings is 2. The number of piperidine rings is 1. The van der Waals surface area contributed by atoms with Gasteiger partial charge in [-0.15, -0.1) is 0 Å². The standard InChI is InChI=1S/C24H25F3N2O5S/c25-24(26,27)17-4-3-6-19(13-17)35(32,33)29-10-2-1-5-18(29)14-23(31)28-21-9-11-34-22-12-16(15-30)7-8-20(21)22/h3-4,6-8,12-13,15,18,21H,1-2,5,9-11,14H2,(H,28,31)/t18?,21-/m1/s1. The second kappa shape index (κ2) is 9.98. The molecule has 1 fully saturated rings. The highest BCUT2D eigenvalue weighted by Gasteiger charge is 2.37. The van der Waals surface area contributed by atoms with Gasteiger partial charge in [-0.25, -0.2) is 8.42 Å². The summed E-state index contributed by atoms with van der Waals surface area (Å²) < 4.78 is 72.6. The summed E-state index contributed by atoms with van der Waals surface area (Å²) in [6.07, 6.45) is -1.87. The first kappa shape index (κ1) is 25.2. The fourth-order valence-corrected chi connectivity index (χ4v) is 6.30. The topological polar surface area (TPSA) is 92.8 Å². The molecule has 1 saturated heterocycles. The first-order chi connectivity index (χ1) is 16.6. The summed E-state index contributed by atoms with van der Waals surface area (Å²) in [6, 6.07) is 7.59. The highest BCUT2D eigenvalue weighted by molar-refractivity contribution is 7.89. The summed E-state index contributed by atoms with van der Waals surface area (Å²) in [5.41, 5.74) is 0.140. The molecule has 2 aliphatic heterocycles. The van der Waals surface area contributed by atoms with Gasteiger partial charge in [0.2, 0.25) is 15.9 Å². The molecule has 0 aromatic heterocycles. The molecule has 0 radical (unpaired) electrons. The van der Waals surface area contributed by atoms with E-state index in [0.717, 1.165) is 28.1 Å². The maximum atomic E-state index is 13.3. The number of hydrogen-bond donors (Lipinski definition) is 1. The predicted molar refractivity (Wildman–Crippen MR) is 120 cm³/mol.